The summed E-state index contributed by atoms with van der Waals surface area (Å²) in [6.45, 7) is 2.06. The Bertz CT molecular complexity index is 534. The molecule has 1 amide bonds. The third-order valence-electron chi connectivity index (χ3n) is 2.95. The first-order valence-corrected chi connectivity index (χ1v) is 7.16. The normalized spacial score (nSPS) is 20.8. The third kappa shape index (κ3) is 2.70. The zero-order valence-electron chi connectivity index (χ0n) is 10.3. The highest BCUT2D eigenvalue weighted by Crippen LogP contribution is 2.11. The van der Waals surface area contributed by atoms with Crippen molar-refractivity contribution < 1.29 is 13.2 Å². The van der Waals surface area contributed by atoms with E-state index in [-0.39, 0.29) is 17.0 Å². The van der Waals surface area contributed by atoms with Crippen LogP contribution in [0.2, 0.25) is 0 Å². The predicted octanol–water partition coefficient (Wildman–Crippen LogP) is -0.715. The Morgan fingerprint density at radius 3 is 2.78 bits per heavy atom. The molecule has 1 saturated heterocycles. The highest BCUT2D eigenvalue weighted by molar-refractivity contribution is 7.89. The molecule has 1 fully saturated rings. The standard InChI is InChI=1S/C10H16N4O3S/c1-7-12-10(6-14(7)2)18(16,17)13-8-3-4-9(15)11-5-8/h6,8,13H,3-5H2,1-2H3,(H,11,15). The second kappa shape index (κ2) is 4.69. The first-order valence-electron chi connectivity index (χ1n) is 5.67. The van der Waals surface area contributed by atoms with Gasteiger partial charge in [0.25, 0.3) is 10.0 Å². The van der Waals surface area contributed by atoms with Crippen molar-refractivity contribution in [3.8, 4) is 0 Å². The molecule has 2 N–H and O–H groups in total. The number of aryl methyl sites for hydroxylation is 2. The van der Waals surface area contributed by atoms with E-state index in [9.17, 15) is 13.2 Å². The number of piperidine rings is 1. The topological polar surface area (TPSA) is 93.1 Å². The van der Waals surface area contributed by atoms with Gasteiger partial charge in [-0.15, -0.1) is 0 Å². The van der Waals surface area contributed by atoms with Gasteiger partial charge in [-0.25, -0.2) is 18.1 Å². The Kier molecular flexibility index (Phi) is 3.40. The van der Waals surface area contributed by atoms with Crippen LogP contribution in [0.25, 0.3) is 0 Å². The molecule has 18 heavy (non-hydrogen) atoms. The highest BCUT2D eigenvalue weighted by Gasteiger charge is 2.25. The predicted molar refractivity (Wildman–Crippen MR) is 64.3 cm³/mol. The van der Waals surface area contributed by atoms with Crippen molar-refractivity contribution in [2.45, 2.75) is 30.8 Å². The van der Waals surface area contributed by atoms with Gasteiger partial charge in [0.15, 0.2) is 5.03 Å². The summed E-state index contributed by atoms with van der Waals surface area (Å²) in [5, 5.41) is 2.64. The summed E-state index contributed by atoms with van der Waals surface area (Å²) < 4.78 is 28.3. The fraction of sp³-hybridized carbons (Fsp3) is 0.600. The van der Waals surface area contributed by atoms with Crippen LogP contribution in [-0.4, -0.2) is 36.5 Å². The molecule has 1 unspecified atom stereocenters. The summed E-state index contributed by atoms with van der Waals surface area (Å²) in [7, 11) is -1.87. The number of nitrogens with one attached hydrogen (secondary N) is 2. The summed E-state index contributed by atoms with van der Waals surface area (Å²) in [5.74, 6) is 0.589. The molecule has 8 heteroatoms. The molecule has 1 aliphatic rings. The average Bonchev–Trinajstić information content (AvgIpc) is 2.63. The lowest BCUT2D eigenvalue weighted by molar-refractivity contribution is -0.122. The summed E-state index contributed by atoms with van der Waals surface area (Å²) >= 11 is 0. The van der Waals surface area contributed by atoms with Gasteiger partial charge in [0.05, 0.1) is 0 Å². The lowest BCUT2D eigenvalue weighted by Crippen LogP contribution is -2.47. The van der Waals surface area contributed by atoms with E-state index in [1.54, 1.807) is 18.5 Å². The summed E-state index contributed by atoms with van der Waals surface area (Å²) in [5.41, 5.74) is 0. The number of amides is 1. The SMILES string of the molecule is Cc1nc(S(=O)(=O)NC2CCC(=O)NC2)cn1C. The number of hydrogen-bond acceptors (Lipinski definition) is 4. The van der Waals surface area contributed by atoms with Crippen molar-refractivity contribution in [2.24, 2.45) is 7.05 Å². The van der Waals surface area contributed by atoms with Gasteiger partial charge in [-0.3, -0.25) is 4.79 Å². The number of sulfonamides is 1. The second-order valence-electron chi connectivity index (χ2n) is 4.40. The molecule has 0 radical (unpaired) electrons. The van der Waals surface area contributed by atoms with Crippen LogP contribution in [0.3, 0.4) is 0 Å². The molecule has 2 rings (SSSR count). The van der Waals surface area contributed by atoms with E-state index in [4.69, 9.17) is 0 Å². The average molecular weight is 272 g/mol. The van der Waals surface area contributed by atoms with Crippen molar-refractivity contribution >= 4 is 15.9 Å². The van der Waals surface area contributed by atoms with Gasteiger partial charge >= 0.3 is 0 Å². The molecular weight excluding hydrogens is 256 g/mol. The Labute approximate surface area is 106 Å². The number of hydrogen-bond donors (Lipinski definition) is 2. The molecular formula is C10H16N4O3S. The maximum atomic E-state index is 12.0. The second-order valence-corrected chi connectivity index (χ2v) is 6.06. The largest absolute Gasteiger partial charge is 0.355 e. The lowest BCUT2D eigenvalue weighted by Gasteiger charge is -2.22. The van der Waals surface area contributed by atoms with E-state index in [1.807, 2.05) is 0 Å². The minimum atomic E-state index is -3.61. The number of nitrogens with zero attached hydrogens (tertiary/aromatic N) is 2. The summed E-state index contributed by atoms with van der Waals surface area (Å²) in [4.78, 5) is 15.0. The third-order valence-corrected chi connectivity index (χ3v) is 4.34. The zero-order valence-corrected chi connectivity index (χ0v) is 11.1. The van der Waals surface area contributed by atoms with Gasteiger partial charge < -0.3 is 9.88 Å². The smallest absolute Gasteiger partial charge is 0.259 e. The van der Waals surface area contributed by atoms with Crippen molar-refractivity contribution in [3.63, 3.8) is 0 Å². The van der Waals surface area contributed by atoms with Crippen LogP contribution < -0.4 is 10.0 Å². The van der Waals surface area contributed by atoms with Crippen molar-refractivity contribution in [2.75, 3.05) is 6.54 Å². The first-order chi connectivity index (χ1) is 8.38. The minimum Gasteiger partial charge on any atom is -0.355 e. The number of carbonyl (C=O) groups excluding carboxylic acids is 1. The van der Waals surface area contributed by atoms with Crippen LogP contribution in [0.5, 0.6) is 0 Å². The van der Waals surface area contributed by atoms with Gasteiger partial charge in [0.2, 0.25) is 5.91 Å². The lowest BCUT2D eigenvalue weighted by atomic mass is 10.1. The number of imidazole rings is 1. The fourth-order valence-electron chi connectivity index (χ4n) is 1.77. The van der Waals surface area contributed by atoms with Gasteiger partial charge in [-0.2, -0.15) is 0 Å². The maximum Gasteiger partial charge on any atom is 0.259 e. The van der Waals surface area contributed by atoms with Gasteiger partial charge in [0.1, 0.15) is 5.82 Å². The van der Waals surface area contributed by atoms with Crippen LogP contribution in [0.15, 0.2) is 11.2 Å². The molecule has 0 saturated carbocycles. The van der Waals surface area contributed by atoms with Crippen molar-refractivity contribution in [1.29, 1.82) is 0 Å². The van der Waals surface area contributed by atoms with Crippen LogP contribution in [-0.2, 0) is 21.9 Å². The highest BCUT2D eigenvalue weighted by atomic mass is 32.2. The number of rotatable bonds is 3. The van der Waals surface area contributed by atoms with E-state index >= 15 is 0 Å². The quantitative estimate of drug-likeness (QED) is 0.760. The summed E-state index contributed by atoms with van der Waals surface area (Å²) in [6.07, 6.45) is 2.32. The van der Waals surface area contributed by atoms with Gasteiger partial charge in [-0.1, -0.05) is 0 Å². The number of carbonyl (C=O) groups is 1. The van der Waals surface area contributed by atoms with Crippen LogP contribution >= 0.6 is 0 Å². The van der Waals surface area contributed by atoms with Crippen LogP contribution in [0, 0.1) is 6.92 Å². The van der Waals surface area contributed by atoms with E-state index in [0.29, 0.717) is 25.2 Å². The molecule has 0 aliphatic carbocycles. The van der Waals surface area contributed by atoms with Crippen molar-refractivity contribution in [1.82, 2.24) is 19.6 Å². The minimum absolute atomic E-state index is 0.0133. The van der Waals surface area contributed by atoms with Crippen LogP contribution in [0.1, 0.15) is 18.7 Å². The molecule has 100 valence electrons. The molecule has 1 aromatic rings. The molecule has 0 spiro atoms. The maximum absolute atomic E-state index is 12.0. The van der Waals surface area contributed by atoms with E-state index in [1.165, 1.54) is 6.20 Å². The zero-order chi connectivity index (χ0) is 13.3. The Hall–Kier alpha value is -1.41. The van der Waals surface area contributed by atoms with E-state index in [2.05, 4.69) is 15.0 Å². The Balaban J connectivity index is 2.10. The molecule has 1 aliphatic heterocycles. The Morgan fingerprint density at radius 2 is 2.28 bits per heavy atom. The van der Waals surface area contributed by atoms with Crippen molar-refractivity contribution in [3.05, 3.63) is 12.0 Å². The molecule has 1 atom stereocenters. The molecule has 0 bridgehead atoms. The van der Waals surface area contributed by atoms with E-state index < -0.39 is 10.0 Å². The molecule has 2 heterocycles. The Morgan fingerprint density at radius 1 is 1.56 bits per heavy atom. The fourth-order valence-corrected chi connectivity index (χ4v) is 3.08. The van der Waals surface area contributed by atoms with Gasteiger partial charge in [0, 0.05) is 32.3 Å². The molecule has 7 nitrogen and oxygen atoms in total. The summed E-state index contributed by atoms with van der Waals surface area (Å²) in [6, 6.07) is -0.269. The van der Waals surface area contributed by atoms with Gasteiger partial charge in [-0.05, 0) is 13.3 Å². The van der Waals surface area contributed by atoms with Crippen LogP contribution in [0.4, 0.5) is 0 Å². The molecule has 0 aromatic carbocycles. The monoisotopic (exact) mass is 272 g/mol. The van der Waals surface area contributed by atoms with E-state index in [0.717, 1.165) is 0 Å². The molecule has 1 aromatic heterocycles. The number of aromatic nitrogens is 2. The first kappa shape index (κ1) is 13.0.